The van der Waals surface area contributed by atoms with E-state index in [2.05, 4.69) is 4.89 Å². The van der Waals surface area contributed by atoms with Gasteiger partial charge in [0, 0.05) is 0 Å². The van der Waals surface area contributed by atoms with E-state index in [1.54, 1.807) is 0 Å². The fraction of sp³-hybridized carbons (Fsp3) is 1.00. The first-order chi connectivity index (χ1) is 5.16. The highest BCUT2D eigenvalue weighted by Gasteiger charge is 2.38. The molecule has 0 heterocycles. The van der Waals surface area contributed by atoms with Crippen LogP contribution in [0, 0.1) is 5.41 Å². The Morgan fingerprint density at radius 3 is 1.55 bits per heavy atom. The van der Waals surface area contributed by atoms with Gasteiger partial charge in [-0.25, -0.2) is 10.1 Å². The van der Waals surface area contributed by atoms with Crippen LogP contribution in [0.25, 0.3) is 0 Å². The molecule has 0 aromatic rings. The highest BCUT2D eigenvalue weighted by molar-refractivity contribution is 4.79. The van der Waals surface area contributed by atoms with Crippen molar-refractivity contribution in [2.45, 2.75) is 6.29 Å². The average Bonchev–Trinajstić information content (AvgIpc) is 2.08. The van der Waals surface area contributed by atoms with Crippen LogP contribution in [0.15, 0.2) is 0 Å². The normalized spacial score (nSPS) is 15.0. The van der Waals surface area contributed by atoms with Gasteiger partial charge < -0.3 is 20.4 Å². The van der Waals surface area contributed by atoms with Crippen LogP contribution in [0.3, 0.4) is 0 Å². The molecule has 6 nitrogen and oxygen atoms in total. The molecule has 0 aliphatic heterocycles. The summed E-state index contributed by atoms with van der Waals surface area (Å²) in [5, 5.41) is 42.6. The summed E-state index contributed by atoms with van der Waals surface area (Å²) in [7, 11) is 0. The number of aliphatic hydroxyl groups excluding tert-OH is 4. The summed E-state index contributed by atoms with van der Waals surface area (Å²) >= 11 is 0. The van der Waals surface area contributed by atoms with Crippen molar-refractivity contribution in [1.29, 1.82) is 0 Å². The molecule has 0 saturated heterocycles. The second-order valence-electron chi connectivity index (χ2n) is 2.29. The Labute approximate surface area is 63.2 Å². The molecular weight excluding hydrogens is 156 g/mol. The Kier molecular flexibility index (Phi) is 4.50. The number of hydrogen-bond donors (Lipinski definition) is 5. The van der Waals surface area contributed by atoms with Gasteiger partial charge in [0.15, 0.2) is 0 Å². The molecule has 1 unspecified atom stereocenters. The third-order valence-electron chi connectivity index (χ3n) is 1.57. The van der Waals surface area contributed by atoms with Crippen LogP contribution in [0.5, 0.6) is 0 Å². The van der Waals surface area contributed by atoms with Crippen molar-refractivity contribution in [1.82, 2.24) is 0 Å². The smallest absolute Gasteiger partial charge is 0.200 e. The molecule has 1 atom stereocenters. The summed E-state index contributed by atoms with van der Waals surface area (Å²) in [5.74, 6) is 0. The van der Waals surface area contributed by atoms with Crippen LogP contribution < -0.4 is 0 Å². The number of rotatable bonds is 5. The lowest BCUT2D eigenvalue weighted by atomic mass is 9.91. The van der Waals surface area contributed by atoms with Crippen molar-refractivity contribution < 1.29 is 30.6 Å². The molecule has 0 aromatic carbocycles. The topological polar surface area (TPSA) is 110 Å². The van der Waals surface area contributed by atoms with Gasteiger partial charge in [0.05, 0.1) is 25.2 Å². The first kappa shape index (κ1) is 10.8. The predicted octanol–water partition coefficient (Wildman–Crippen LogP) is -2.24. The van der Waals surface area contributed by atoms with E-state index in [4.69, 9.17) is 25.7 Å². The van der Waals surface area contributed by atoms with Gasteiger partial charge >= 0.3 is 0 Å². The Hall–Kier alpha value is -0.240. The lowest BCUT2D eigenvalue weighted by Crippen LogP contribution is -2.46. The van der Waals surface area contributed by atoms with Crippen LogP contribution in [0.2, 0.25) is 0 Å². The zero-order valence-corrected chi connectivity index (χ0v) is 5.84. The lowest BCUT2D eigenvalue weighted by molar-refractivity contribution is -0.373. The number of hydrogen-bond acceptors (Lipinski definition) is 6. The second-order valence-corrected chi connectivity index (χ2v) is 2.29. The third-order valence-corrected chi connectivity index (χ3v) is 1.57. The van der Waals surface area contributed by atoms with E-state index < -0.39 is 31.5 Å². The molecule has 0 rings (SSSR count). The van der Waals surface area contributed by atoms with Crippen LogP contribution in [0.1, 0.15) is 0 Å². The molecule has 0 radical (unpaired) electrons. The van der Waals surface area contributed by atoms with Crippen molar-refractivity contribution >= 4 is 0 Å². The summed E-state index contributed by atoms with van der Waals surface area (Å²) in [6.45, 7) is -2.08. The minimum Gasteiger partial charge on any atom is -0.395 e. The molecule has 68 valence electrons. The number of aliphatic hydroxyl groups is 4. The summed E-state index contributed by atoms with van der Waals surface area (Å²) in [5.41, 5.74) is -1.62. The Morgan fingerprint density at radius 2 is 1.45 bits per heavy atom. The van der Waals surface area contributed by atoms with Gasteiger partial charge in [0.25, 0.3) is 0 Å². The van der Waals surface area contributed by atoms with Gasteiger partial charge in [-0.1, -0.05) is 0 Å². The summed E-state index contributed by atoms with van der Waals surface area (Å²) < 4.78 is 0. The molecule has 0 fully saturated rings. The Bertz CT molecular complexity index is 92.9. The van der Waals surface area contributed by atoms with Crippen molar-refractivity contribution in [3.8, 4) is 0 Å². The maximum Gasteiger partial charge on any atom is 0.200 e. The van der Waals surface area contributed by atoms with E-state index >= 15 is 0 Å². The molecule has 0 aliphatic rings. The summed E-state index contributed by atoms with van der Waals surface area (Å²) in [6, 6.07) is 0. The standard InChI is InChI=1S/C5H12O6/c6-1-5(2-7,3-8)4(9)11-10/h4,6-10H,1-3H2. The van der Waals surface area contributed by atoms with E-state index in [0.717, 1.165) is 0 Å². The van der Waals surface area contributed by atoms with E-state index in [1.165, 1.54) is 0 Å². The second kappa shape index (κ2) is 4.60. The van der Waals surface area contributed by atoms with Crippen molar-refractivity contribution in [2.24, 2.45) is 5.41 Å². The molecular formula is C5H12O6. The van der Waals surface area contributed by atoms with Crippen LogP contribution >= 0.6 is 0 Å². The van der Waals surface area contributed by atoms with Crippen molar-refractivity contribution in [3.05, 3.63) is 0 Å². The quantitative estimate of drug-likeness (QED) is 0.180. The van der Waals surface area contributed by atoms with Crippen molar-refractivity contribution in [3.63, 3.8) is 0 Å². The van der Waals surface area contributed by atoms with Gasteiger partial charge in [0.1, 0.15) is 0 Å². The van der Waals surface area contributed by atoms with E-state index in [0.29, 0.717) is 0 Å². The van der Waals surface area contributed by atoms with Gasteiger partial charge in [-0.05, 0) is 0 Å². The molecule has 0 amide bonds. The monoisotopic (exact) mass is 168 g/mol. The molecule has 5 N–H and O–H groups in total. The van der Waals surface area contributed by atoms with Gasteiger partial charge in [0.2, 0.25) is 6.29 Å². The zero-order valence-electron chi connectivity index (χ0n) is 5.84. The van der Waals surface area contributed by atoms with E-state index in [-0.39, 0.29) is 0 Å². The average molecular weight is 168 g/mol. The van der Waals surface area contributed by atoms with E-state index in [9.17, 15) is 0 Å². The minimum absolute atomic E-state index is 0.693. The molecule has 0 aromatic heterocycles. The molecule has 0 saturated carbocycles. The summed E-state index contributed by atoms with van der Waals surface area (Å²) in [6.07, 6.45) is -1.80. The molecule has 0 spiro atoms. The highest BCUT2D eigenvalue weighted by atomic mass is 17.1. The largest absolute Gasteiger partial charge is 0.395 e. The molecule has 0 bridgehead atoms. The van der Waals surface area contributed by atoms with Crippen molar-refractivity contribution in [2.75, 3.05) is 19.8 Å². The van der Waals surface area contributed by atoms with Gasteiger partial charge in [-0.2, -0.15) is 0 Å². The third kappa shape index (κ3) is 2.09. The van der Waals surface area contributed by atoms with Gasteiger partial charge in [-0.15, -0.1) is 0 Å². The van der Waals surface area contributed by atoms with Crippen LogP contribution in [-0.2, 0) is 4.89 Å². The minimum atomic E-state index is -1.80. The van der Waals surface area contributed by atoms with E-state index in [1.807, 2.05) is 0 Å². The maximum absolute atomic E-state index is 8.82. The van der Waals surface area contributed by atoms with Gasteiger partial charge in [-0.3, -0.25) is 0 Å². The molecule has 6 heteroatoms. The first-order valence-corrected chi connectivity index (χ1v) is 2.97. The Morgan fingerprint density at radius 1 is 1.09 bits per heavy atom. The predicted molar refractivity (Wildman–Crippen MR) is 33.4 cm³/mol. The lowest BCUT2D eigenvalue weighted by Gasteiger charge is -2.29. The SMILES string of the molecule is OCC(CO)(CO)C(O)OO. The fourth-order valence-corrected chi connectivity index (χ4v) is 0.496. The molecule has 11 heavy (non-hydrogen) atoms. The highest BCUT2D eigenvalue weighted by Crippen LogP contribution is 2.20. The van der Waals surface area contributed by atoms with Crippen LogP contribution in [-0.4, -0.2) is 51.8 Å². The molecule has 0 aliphatic carbocycles. The maximum atomic E-state index is 8.82. The first-order valence-electron chi connectivity index (χ1n) is 2.97. The Balaban J connectivity index is 4.26. The fourth-order valence-electron chi connectivity index (χ4n) is 0.496. The zero-order chi connectivity index (χ0) is 8.91. The summed E-state index contributed by atoms with van der Waals surface area (Å²) in [4.78, 5) is 3.46. The van der Waals surface area contributed by atoms with Crippen LogP contribution in [0.4, 0.5) is 0 Å².